The van der Waals surface area contributed by atoms with Gasteiger partial charge in [-0.3, -0.25) is 13.8 Å². The number of thioether (sulfide) groups is 1. The Kier molecular flexibility index (Phi) is 4.53. The summed E-state index contributed by atoms with van der Waals surface area (Å²) in [7, 11) is 0. The molecule has 138 valence electrons. The zero-order valence-electron chi connectivity index (χ0n) is 15.0. The van der Waals surface area contributed by atoms with E-state index in [4.69, 9.17) is 4.52 Å². The third-order valence-corrected chi connectivity index (χ3v) is 5.03. The lowest BCUT2D eigenvalue weighted by atomic mass is 10.2. The molecule has 0 aliphatic rings. The smallest absolute Gasteiger partial charge is 0.263 e. The van der Waals surface area contributed by atoms with Gasteiger partial charge in [0.05, 0.1) is 16.7 Å². The molecule has 4 aromatic rings. The quantitative estimate of drug-likeness (QED) is 0.374. The highest BCUT2D eigenvalue weighted by atomic mass is 32.2. The van der Waals surface area contributed by atoms with Crippen LogP contribution in [-0.4, -0.2) is 29.3 Å². The fourth-order valence-electron chi connectivity index (χ4n) is 2.81. The van der Waals surface area contributed by atoms with Crippen LogP contribution < -0.4 is 5.56 Å². The maximum Gasteiger partial charge on any atom is 0.263 e. The Morgan fingerprint density at radius 2 is 2.11 bits per heavy atom. The second-order valence-corrected chi connectivity index (χ2v) is 7.27. The first-order valence-corrected chi connectivity index (χ1v) is 9.51. The van der Waals surface area contributed by atoms with Crippen molar-refractivity contribution in [2.45, 2.75) is 37.2 Å². The van der Waals surface area contributed by atoms with Crippen LogP contribution in [0.2, 0.25) is 0 Å². The van der Waals surface area contributed by atoms with Crippen LogP contribution >= 0.6 is 11.8 Å². The lowest BCUT2D eigenvalue weighted by molar-refractivity contribution is 0.383. The number of rotatable bonds is 6. The van der Waals surface area contributed by atoms with E-state index in [-0.39, 0.29) is 11.5 Å². The van der Waals surface area contributed by atoms with Gasteiger partial charge in [0, 0.05) is 12.5 Å². The van der Waals surface area contributed by atoms with Gasteiger partial charge >= 0.3 is 0 Å². The molecule has 0 aliphatic carbocycles. The largest absolute Gasteiger partial charge is 0.338 e. The zero-order valence-corrected chi connectivity index (χ0v) is 15.8. The highest BCUT2D eigenvalue weighted by molar-refractivity contribution is 7.98. The Bertz CT molecular complexity index is 1190. The summed E-state index contributed by atoms with van der Waals surface area (Å²) in [4.78, 5) is 17.2. The summed E-state index contributed by atoms with van der Waals surface area (Å²) in [6.45, 7) is 8.12. The molecule has 0 spiro atoms. The van der Waals surface area contributed by atoms with Crippen LogP contribution in [0, 0.1) is 0 Å². The van der Waals surface area contributed by atoms with E-state index < -0.39 is 0 Å². The maximum absolute atomic E-state index is 12.8. The molecule has 0 fully saturated rings. The van der Waals surface area contributed by atoms with Gasteiger partial charge in [-0.1, -0.05) is 49.0 Å². The van der Waals surface area contributed by atoms with E-state index in [1.165, 1.54) is 11.8 Å². The van der Waals surface area contributed by atoms with Crippen molar-refractivity contribution in [3.05, 3.63) is 59.0 Å². The molecule has 0 saturated carbocycles. The van der Waals surface area contributed by atoms with E-state index in [1.807, 2.05) is 36.4 Å². The molecule has 8 nitrogen and oxygen atoms in total. The second-order valence-electron chi connectivity index (χ2n) is 6.33. The molecule has 27 heavy (non-hydrogen) atoms. The molecule has 4 rings (SSSR count). The van der Waals surface area contributed by atoms with Gasteiger partial charge < -0.3 is 4.52 Å². The fraction of sp³-hybridized carbons (Fsp3) is 0.278. The molecule has 0 aliphatic heterocycles. The normalized spacial score (nSPS) is 11.7. The van der Waals surface area contributed by atoms with Crippen molar-refractivity contribution in [2.24, 2.45) is 0 Å². The number of benzene rings is 1. The molecule has 3 heterocycles. The summed E-state index contributed by atoms with van der Waals surface area (Å²) in [6.07, 6.45) is 1.67. The molecule has 0 unspecified atom stereocenters. The van der Waals surface area contributed by atoms with Crippen molar-refractivity contribution in [1.82, 2.24) is 29.3 Å². The van der Waals surface area contributed by atoms with Gasteiger partial charge in [-0.2, -0.15) is 4.98 Å². The van der Waals surface area contributed by atoms with E-state index in [0.29, 0.717) is 40.3 Å². The minimum absolute atomic E-state index is 0.111. The first-order valence-electron chi connectivity index (χ1n) is 8.53. The Morgan fingerprint density at radius 3 is 2.85 bits per heavy atom. The Balaban J connectivity index is 1.79. The minimum atomic E-state index is -0.111. The number of allylic oxidation sites excluding steroid dienone is 1. The number of aromatic nitrogens is 6. The average Bonchev–Trinajstić information content (AvgIpc) is 3.30. The monoisotopic (exact) mass is 382 g/mol. The topological polar surface area (TPSA) is 91.1 Å². The SMILES string of the molecule is C=CCn1c(=O)c2ccccc2n2c(SCc3nc(C(C)C)no3)nnc12. The van der Waals surface area contributed by atoms with E-state index in [0.717, 1.165) is 5.52 Å². The molecule has 1 aromatic carbocycles. The molecule has 0 saturated heterocycles. The predicted octanol–water partition coefficient (Wildman–Crippen LogP) is 3.03. The molecule has 0 radical (unpaired) electrons. The lowest BCUT2D eigenvalue weighted by Crippen LogP contribution is -2.22. The average molecular weight is 382 g/mol. The highest BCUT2D eigenvalue weighted by Gasteiger charge is 2.17. The van der Waals surface area contributed by atoms with Crippen LogP contribution in [-0.2, 0) is 12.3 Å². The summed E-state index contributed by atoms with van der Waals surface area (Å²) in [5, 5.41) is 13.8. The van der Waals surface area contributed by atoms with Gasteiger partial charge in [-0.25, -0.2) is 0 Å². The number of para-hydroxylation sites is 1. The molecule has 3 aromatic heterocycles. The van der Waals surface area contributed by atoms with Crippen molar-refractivity contribution < 1.29 is 4.52 Å². The standard InChI is InChI=1S/C18H18N6O2S/c1-4-9-23-16(25)12-7-5-6-8-13(12)24-17(23)20-21-18(24)27-10-14-19-15(11(2)3)22-26-14/h4-8,11H,1,9-10H2,2-3H3. The maximum atomic E-state index is 12.8. The van der Waals surface area contributed by atoms with Crippen molar-refractivity contribution in [3.63, 3.8) is 0 Å². The van der Waals surface area contributed by atoms with Crippen molar-refractivity contribution in [1.29, 1.82) is 0 Å². The van der Waals surface area contributed by atoms with Crippen LogP contribution in [0.4, 0.5) is 0 Å². The van der Waals surface area contributed by atoms with E-state index >= 15 is 0 Å². The van der Waals surface area contributed by atoms with E-state index in [1.54, 1.807) is 16.7 Å². The van der Waals surface area contributed by atoms with E-state index in [2.05, 4.69) is 26.9 Å². The summed E-state index contributed by atoms with van der Waals surface area (Å²) in [5.74, 6) is 2.37. The number of hydrogen-bond donors (Lipinski definition) is 0. The predicted molar refractivity (Wildman–Crippen MR) is 103 cm³/mol. The first kappa shape index (κ1) is 17.5. The summed E-state index contributed by atoms with van der Waals surface area (Å²) in [5.41, 5.74) is 0.652. The lowest BCUT2D eigenvalue weighted by Gasteiger charge is -2.09. The van der Waals surface area contributed by atoms with Gasteiger partial charge in [0.15, 0.2) is 11.0 Å². The van der Waals surface area contributed by atoms with Gasteiger partial charge in [0.25, 0.3) is 5.56 Å². The van der Waals surface area contributed by atoms with Gasteiger partial charge in [0.2, 0.25) is 11.7 Å². The number of fused-ring (bicyclic) bond motifs is 3. The van der Waals surface area contributed by atoms with Crippen LogP contribution in [0.5, 0.6) is 0 Å². The molecule has 0 atom stereocenters. The van der Waals surface area contributed by atoms with E-state index in [9.17, 15) is 4.79 Å². The van der Waals surface area contributed by atoms with Crippen molar-refractivity contribution in [2.75, 3.05) is 0 Å². The number of hydrogen-bond acceptors (Lipinski definition) is 7. The molecular formula is C18H18N6O2S. The second kappa shape index (κ2) is 6.99. The fourth-order valence-corrected chi connectivity index (χ4v) is 3.59. The van der Waals surface area contributed by atoms with Crippen LogP contribution in [0.1, 0.15) is 31.5 Å². The third kappa shape index (κ3) is 3.03. The highest BCUT2D eigenvalue weighted by Crippen LogP contribution is 2.24. The molecular weight excluding hydrogens is 364 g/mol. The van der Waals surface area contributed by atoms with Crippen molar-refractivity contribution in [3.8, 4) is 0 Å². The Hall–Kier alpha value is -2.94. The van der Waals surface area contributed by atoms with Crippen LogP contribution in [0.25, 0.3) is 16.7 Å². The van der Waals surface area contributed by atoms with Gasteiger partial charge in [-0.05, 0) is 12.1 Å². The summed E-state index contributed by atoms with van der Waals surface area (Å²) in [6, 6.07) is 7.42. The zero-order chi connectivity index (χ0) is 19.0. The molecule has 0 amide bonds. The number of nitrogens with zero attached hydrogens (tertiary/aromatic N) is 6. The molecule has 0 N–H and O–H groups in total. The van der Waals surface area contributed by atoms with Gasteiger partial charge in [0.1, 0.15) is 0 Å². The Morgan fingerprint density at radius 1 is 1.30 bits per heavy atom. The van der Waals surface area contributed by atoms with Crippen LogP contribution in [0.3, 0.4) is 0 Å². The first-order chi connectivity index (χ1) is 13.1. The summed E-state index contributed by atoms with van der Waals surface area (Å²) >= 11 is 1.43. The third-order valence-electron chi connectivity index (χ3n) is 4.11. The molecule has 9 heteroatoms. The minimum Gasteiger partial charge on any atom is -0.338 e. The van der Waals surface area contributed by atoms with Crippen molar-refractivity contribution >= 4 is 28.4 Å². The summed E-state index contributed by atoms with van der Waals surface area (Å²) < 4.78 is 8.74. The van der Waals surface area contributed by atoms with Crippen LogP contribution in [0.15, 0.2) is 51.4 Å². The van der Waals surface area contributed by atoms with Gasteiger partial charge in [-0.15, -0.1) is 16.8 Å². The molecule has 0 bridgehead atoms. The Labute approximate surface area is 158 Å².